The van der Waals surface area contributed by atoms with Crippen molar-refractivity contribution in [1.82, 2.24) is 4.90 Å². The van der Waals surface area contributed by atoms with Crippen molar-refractivity contribution in [3.8, 4) is 5.75 Å². The largest absolute Gasteiger partial charge is 0.530 e. The Bertz CT molecular complexity index is 1020. The summed E-state index contributed by atoms with van der Waals surface area (Å²) in [6.07, 6.45) is -0.777. The Kier molecular flexibility index (Phi) is 6.70. The van der Waals surface area contributed by atoms with E-state index in [1.807, 2.05) is 42.5 Å². The Morgan fingerprint density at radius 1 is 1.06 bits per heavy atom. The second-order valence-corrected chi connectivity index (χ2v) is 7.78. The molecule has 3 aromatic rings. The van der Waals surface area contributed by atoms with Crippen LogP contribution in [0.5, 0.6) is 5.75 Å². The number of aliphatic hydroxyl groups excluding tert-OH is 1. The van der Waals surface area contributed by atoms with Crippen molar-refractivity contribution in [3.05, 3.63) is 77.9 Å². The van der Waals surface area contributed by atoms with Gasteiger partial charge in [0.05, 0.1) is 19.3 Å². The molecule has 31 heavy (non-hydrogen) atoms. The second kappa shape index (κ2) is 9.81. The highest BCUT2D eigenvalue weighted by molar-refractivity contribution is 5.82. The number of aliphatic hydroxyl groups is 1. The van der Waals surface area contributed by atoms with E-state index in [-0.39, 0.29) is 31.8 Å². The highest BCUT2D eigenvalue weighted by atomic mass is 16.5. The predicted molar refractivity (Wildman–Crippen MR) is 116 cm³/mol. The van der Waals surface area contributed by atoms with Crippen molar-refractivity contribution in [2.75, 3.05) is 26.3 Å². The number of benzene rings is 3. The number of rotatable bonds is 7. The Labute approximate surface area is 181 Å². The molecule has 1 amide bonds. The zero-order valence-electron chi connectivity index (χ0n) is 17.3. The van der Waals surface area contributed by atoms with Gasteiger partial charge in [0, 0.05) is 19.0 Å². The lowest BCUT2D eigenvalue weighted by molar-refractivity contribution is -0.268. The number of ether oxygens (including phenoxy) is 2. The molecule has 3 aromatic carbocycles. The fourth-order valence-electron chi connectivity index (χ4n) is 4.14. The molecule has 162 valence electrons. The van der Waals surface area contributed by atoms with E-state index >= 15 is 0 Å². The topological polar surface area (TPSA) is 82.1 Å². The molecule has 2 unspecified atom stereocenters. The molecule has 0 aliphatic carbocycles. The Hall–Kier alpha value is -3.09. The van der Waals surface area contributed by atoms with Crippen LogP contribution in [0.3, 0.4) is 0 Å². The van der Waals surface area contributed by atoms with Crippen molar-refractivity contribution in [2.45, 2.75) is 25.0 Å². The normalized spacial score (nSPS) is 18.8. The van der Waals surface area contributed by atoms with Crippen LogP contribution in [-0.2, 0) is 11.3 Å². The van der Waals surface area contributed by atoms with Crippen LogP contribution in [0, 0.1) is 0 Å². The molecule has 1 N–H and O–H groups in total. The van der Waals surface area contributed by atoms with E-state index < -0.39 is 6.09 Å². The predicted octanol–water partition coefficient (Wildman–Crippen LogP) is 2.93. The van der Waals surface area contributed by atoms with Crippen LogP contribution < -0.4 is 9.84 Å². The average molecular weight is 420 g/mol. The van der Waals surface area contributed by atoms with Gasteiger partial charge in [0.1, 0.15) is 18.4 Å². The van der Waals surface area contributed by atoms with Crippen molar-refractivity contribution >= 4 is 16.9 Å². The maximum Gasteiger partial charge on any atom is 0.137 e. The molecule has 0 saturated carbocycles. The quantitative estimate of drug-likeness (QED) is 0.636. The lowest BCUT2D eigenvalue weighted by atomic mass is 9.87. The van der Waals surface area contributed by atoms with E-state index in [4.69, 9.17) is 14.6 Å². The number of carboxylic acid groups (broad SMARTS) is 1. The molecule has 6 nitrogen and oxygen atoms in total. The minimum absolute atomic E-state index is 0.0336. The molecule has 1 saturated heterocycles. The lowest BCUT2D eigenvalue weighted by Gasteiger charge is -2.40. The van der Waals surface area contributed by atoms with Gasteiger partial charge >= 0.3 is 0 Å². The Morgan fingerprint density at radius 3 is 2.58 bits per heavy atom. The van der Waals surface area contributed by atoms with E-state index in [1.54, 1.807) is 0 Å². The molecule has 2 atom stereocenters. The van der Waals surface area contributed by atoms with Crippen molar-refractivity contribution in [1.29, 1.82) is 0 Å². The zero-order chi connectivity index (χ0) is 21.6. The van der Waals surface area contributed by atoms with E-state index in [2.05, 4.69) is 24.3 Å². The molecule has 0 spiro atoms. The van der Waals surface area contributed by atoms with Gasteiger partial charge in [-0.25, -0.2) is 0 Å². The molecule has 1 aliphatic rings. The van der Waals surface area contributed by atoms with Crippen LogP contribution in [0.15, 0.2) is 66.7 Å². The molecular formula is C25H26NO5-. The third kappa shape index (κ3) is 5.16. The number of piperidine rings is 1. The number of amides is 1. The Balaban J connectivity index is 1.49. The summed E-state index contributed by atoms with van der Waals surface area (Å²) in [6.45, 7) is 1.33. The third-order valence-corrected chi connectivity index (χ3v) is 5.76. The van der Waals surface area contributed by atoms with Gasteiger partial charge in [-0.2, -0.15) is 0 Å². The van der Waals surface area contributed by atoms with Crippen molar-refractivity contribution in [2.24, 2.45) is 0 Å². The molecule has 0 aromatic heterocycles. The van der Waals surface area contributed by atoms with Gasteiger partial charge in [-0.05, 0) is 46.5 Å². The van der Waals surface area contributed by atoms with Crippen LogP contribution >= 0.6 is 0 Å². The fourth-order valence-corrected chi connectivity index (χ4v) is 4.14. The van der Waals surface area contributed by atoms with Crippen LogP contribution in [-0.4, -0.2) is 48.5 Å². The maximum absolute atomic E-state index is 11.4. The summed E-state index contributed by atoms with van der Waals surface area (Å²) in [5, 5.41) is 22.7. The van der Waals surface area contributed by atoms with Crippen LogP contribution in [0.2, 0.25) is 0 Å². The Morgan fingerprint density at radius 2 is 1.84 bits per heavy atom. The highest BCUT2D eigenvalue weighted by Crippen LogP contribution is 2.32. The monoisotopic (exact) mass is 420 g/mol. The zero-order valence-corrected chi connectivity index (χ0v) is 17.3. The summed E-state index contributed by atoms with van der Waals surface area (Å²) < 4.78 is 11.7. The molecule has 1 heterocycles. The smallest absolute Gasteiger partial charge is 0.137 e. The van der Waals surface area contributed by atoms with Crippen molar-refractivity contribution in [3.63, 3.8) is 0 Å². The minimum atomic E-state index is -1.16. The van der Waals surface area contributed by atoms with E-state index in [9.17, 15) is 9.90 Å². The number of hydrogen-bond donors (Lipinski definition) is 1. The summed E-state index contributed by atoms with van der Waals surface area (Å²) in [5.74, 6) is 0.765. The average Bonchev–Trinajstić information content (AvgIpc) is 2.81. The molecule has 0 bridgehead atoms. The number of hydrogen-bond acceptors (Lipinski definition) is 5. The van der Waals surface area contributed by atoms with Crippen LogP contribution in [0.1, 0.15) is 23.5 Å². The first-order chi connectivity index (χ1) is 15.1. The first kappa shape index (κ1) is 21.2. The standard InChI is InChI=1S/C25H27NO5/c27-13-14-30-22-9-7-20(8-10-22)23-11-12-26(25(28)29)16-24(23)31-17-18-5-6-19-3-1-2-4-21(19)15-18/h1-10,15,23-24,27H,11-14,16-17H2,(H,28,29)/p-1. The summed E-state index contributed by atoms with van der Waals surface area (Å²) in [5.41, 5.74) is 2.13. The number of carbonyl (C=O) groups is 1. The van der Waals surface area contributed by atoms with E-state index in [1.165, 1.54) is 10.3 Å². The molecule has 6 heteroatoms. The van der Waals surface area contributed by atoms with E-state index in [0.717, 1.165) is 16.5 Å². The van der Waals surface area contributed by atoms with Gasteiger partial charge in [-0.15, -0.1) is 0 Å². The van der Waals surface area contributed by atoms with E-state index in [0.29, 0.717) is 25.3 Å². The highest BCUT2D eigenvalue weighted by Gasteiger charge is 2.31. The summed E-state index contributed by atoms with van der Waals surface area (Å²) in [6, 6.07) is 22.1. The third-order valence-electron chi connectivity index (χ3n) is 5.76. The van der Waals surface area contributed by atoms with Gasteiger partial charge in [-0.3, -0.25) is 0 Å². The van der Waals surface area contributed by atoms with Gasteiger partial charge in [0.15, 0.2) is 0 Å². The second-order valence-electron chi connectivity index (χ2n) is 7.78. The maximum atomic E-state index is 11.4. The van der Waals surface area contributed by atoms with Gasteiger partial charge in [-0.1, -0.05) is 48.5 Å². The molecular weight excluding hydrogens is 394 g/mol. The molecule has 0 radical (unpaired) electrons. The summed E-state index contributed by atoms with van der Waals surface area (Å²) in [7, 11) is 0. The van der Waals surface area contributed by atoms with Crippen LogP contribution in [0.4, 0.5) is 4.79 Å². The minimum Gasteiger partial charge on any atom is -0.530 e. The molecule has 1 aliphatic heterocycles. The van der Waals surface area contributed by atoms with Gasteiger partial charge < -0.3 is 29.4 Å². The summed E-state index contributed by atoms with van der Waals surface area (Å²) >= 11 is 0. The fraction of sp³-hybridized carbons (Fsp3) is 0.320. The van der Waals surface area contributed by atoms with Gasteiger partial charge in [0.25, 0.3) is 0 Å². The number of nitrogens with zero attached hydrogens (tertiary/aromatic N) is 1. The number of likely N-dealkylation sites (tertiary alicyclic amines) is 1. The summed E-state index contributed by atoms with van der Waals surface area (Å²) in [4.78, 5) is 12.8. The van der Waals surface area contributed by atoms with Crippen LogP contribution in [0.25, 0.3) is 10.8 Å². The first-order valence-corrected chi connectivity index (χ1v) is 10.5. The SMILES string of the molecule is O=C([O-])N1CCC(c2ccc(OCCO)cc2)C(OCc2ccc3ccccc3c2)C1. The number of carbonyl (C=O) groups excluding carboxylic acids is 1. The molecule has 1 fully saturated rings. The number of fused-ring (bicyclic) bond motifs is 1. The first-order valence-electron chi connectivity index (χ1n) is 10.5. The van der Waals surface area contributed by atoms with Crippen molar-refractivity contribution < 1.29 is 24.5 Å². The molecule has 4 rings (SSSR count). The van der Waals surface area contributed by atoms with Gasteiger partial charge in [0.2, 0.25) is 0 Å². The lowest BCUT2D eigenvalue weighted by Crippen LogP contribution is -2.51.